The molecule has 0 amide bonds. The van der Waals surface area contributed by atoms with Crippen molar-refractivity contribution >= 4 is 5.97 Å². The molecule has 0 aromatic carbocycles. The molecule has 0 aromatic heterocycles. The first kappa shape index (κ1) is 15.4. The van der Waals surface area contributed by atoms with E-state index in [1.54, 1.807) is 0 Å². The monoisotopic (exact) mass is 258 g/mol. The van der Waals surface area contributed by atoms with Crippen molar-refractivity contribution in [2.45, 2.75) is 77.4 Å². The summed E-state index contributed by atoms with van der Waals surface area (Å²) in [6, 6.07) is 0. The molecule has 0 radical (unpaired) electrons. The Morgan fingerprint density at radius 1 is 1.39 bits per heavy atom. The van der Waals surface area contributed by atoms with E-state index < -0.39 is 17.2 Å². The summed E-state index contributed by atoms with van der Waals surface area (Å²) in [5, 5.41) is 9.28. The molecule has 1 N–H and O–H groups in total. The van der Waals surface area contributed by atoms with E-state index in [4.69, 9.17) is 4.74 Å². The second kappa shape index (κ2) is 6.02. The van der Waals surface area contributed by atoms with Crippen LogP contribution in [0.1, 0.15) is 66.2 Å². The normalized spacial score (nSPS) is 29.1. The Morgan fingerprint density at radius 3 is 2.56 bits per heavy atom. The summed E-state index contributed by atoms with van der Waals surface area (Å²) < 4.78 is 5.53. The van der Waals surface area contributed by atoms with Crippen molar-refractivity contribution in [3.63, 3.8) is 0 Å². The van der Waals surface area contributed by atoms with Gasteiger partial charge in [-0.2, -0.15) is 0 Å². The third kappa shape index (κ3) is 3.04. The molecule has 1 aliphatic rings. The predicted octanol–water partition coefficient (Wildman–Crippen LogP) is 3.55. The molecule has 18 heavy (non-hydrogen) atoms. The van der Waals surface area contributed by atoms with Gasteiger partial charge in [-0.05, 0) is 46.0 Å². The number of hydrogen-bond acceptors (Lipinski definition) is 4. The summed E-state index contributed by atoms with van der Waals surface area (Å²) in [6.07, 6.45) is 4.95. The fourth-order valence-corrected chi connectivity index (χ4v) is 2.59. The molecule has 2 atom stereocenters. The number of carbonyl (C=O) groups excluding carboxylic acids is 1. The summed E-state index contributed by atoms with van der Waals surface area (Å²) in [5.41, 5.74) is -1.67. The van der Waals surface area contributed by atoms with Crippen LogP contribution in [-0.2, 0) is 14.4 Å². The third-order valence-electron chi connectivity index (χ3n) is 4.23. The first-order chi connectivity index (χ1) is 8.41. The lowest BCUT2D eigenvalue weighted by Gasteiger charge is -2.40. The van der Waals surface area contributed by atoms with E-state index in [1.807, 2.05) is 27.7 Å². The summed E-state index contributed by atoms with van der Waals surface area (Å²) in [5.74, 6) is -0.375. The average Bonchev–Trinajstić information content (AvgIpc) is 2.37. The highest BCUT2D eigenvalue weighted by Gasteiger charge is 2.51. The molecule has 0 spiro atoms. The van der Waals surface area contributed by atoms with Crippen molar-refractivity contribution in [1.82, 2.24) is 0 Å². The zero-order chi connectivity index (χ0) is 13.8. The Bertz CT molecular complexity index is 288. The van der Waals surface area contributed by atoms with Crippen molar-refractivity contribution < 1.29 is 19.7 Å². The third-order valence-corrected chi connectivity index (χ3v) is 4.23. The van der Waals surface area contributed by atoms with Crippen LogP contribution in [0.4, 0.5) is 0 Å². The van der Waals surface area contributed by atoms with Crippen LogP contribution in [-0.4, -0.2) is 22.4 Å². The minimum atomic E-state index is -1.15. The Labute approximate surface area is 110 Å². The van der Waals surface area contributed by atoms with Gasteiger partial charge in [-0.1, -0.05) is 20.3 Å². The molecule has 1 fully saturated rings. The molecule has 4 heteroatoms. The highest BCUT2D eigenvalue weighted by atomic mass is 17.1. The maximum absolute atomic E-state index is 12.4. The first-order valence-corrected chi connectivity index (χ1v) is 6.98. The van der Waals surface area contributed by atoms with E-state index in [-0.39, 0.29) is 5.92 Å². The lowest BCUT2D eigenvalue weighted by atomic mass is 9.74. The first-order valence-electron chi connectivity index (χ1n) is 6.98. The van der Waals surface area contributed by atoms with Crippen LogP contribution in [0, 0.1) is 5.92 Å². The van der Waals surface area contributed by atoms with E-state index in [9.17, 15) is 10.1 Å². The van der Waals surface area contributed by atoms with Crippen molar-refractivity contribution in [1.29, 1.82) is 0 Å². The molecule has 2 unspecified atom stereocenters. The average molecular weight is 258 g/mol. The molecule has 0 heterocycles. The number of esters is 1. The predicted molar refractivity (Wildman–Crippen MR) is 69.2 cm³/mol. The summed E-state index contributed by atoms with van der Waals surface area (Å²) in [6.45, 7) is 7.74. The Morgan fingerprint density at radius 2 is 2.06 bits per heavy atom. The lowest BCUT2D eigenvalue weighted by Crippen LogP contribution is -2.52. The second-order valence-electron chi connectivity index (χ2n) is 5.83. The van der Waals surface area contributed by atoms with Gasteiger partial charge in [-0.15, -0.1) is 0 Å². The Kier molecular flexibility index (Phi) is 5.17. The Hall–Kier alpha value is -0.610. The van der Waals surface area contributed by atoms with Crippen LogP contribution in [0.25, 0.3) is 0 Å². The smallest absolute Gasteiger partial charge is 0.342 e. The van der Waals surface area contributed by atoms with Crippen LogP contribution in [0.5, 0.6) is 0 Å². The zero-order valence-electron chi connectivity index (χ0n) is 12.0. The topological polar surface area (TPSA) is 55.8 Å². The van der Waals surface area contributed by atoms with Crippen molar-refractivity contribution in [3.05, 3.63) is 0 Å². The lowest BCUT2D eigenvalue weighted by molar-refractivity contribution is -0.339. The highest BCUT2D eigenvalue weighted by molar-refractivity contribution is 5.80. The molecule has 0 saturated heterocycles. The van der Waals surface area contributed by atoms with Gasteiger partial charge in [0.15, 0.2) is 0 Å². The van der Waals surface area contributed by atoms with Crippen LogP contribution >= 0.6 is 0 Å². The molecule has 0 aliphatic heterocycles. The van der Waals surface area contributed by atoms with Gasteiger partial charge in [0.05, 0.1) is 0 Å². The van der Waals surface area contributed by atoms with Crippen LogP contribution in [0.2, 0.25) is 0 Å². The number of carbonyl (C=O) groups is 1. The maximum atomic E-state index is 12.4. The van der Waals surface area contributed by atoms with Crippen molar-refractivity contribution in [2.24, 2.45) is 5.92 Å². The quantitative estimate of drug-likeness (QED) is 0.465. The molecular formula is C14H26O4. The van der Waals surface area contributed by atoms with Gasteiger partial charge in [0.2, 0.25) is 5.60 Å². The van der Waals surface area contributed by atoms with Gasteiger partial charge in [-0.25, -0.2) is 9.68 Å². The molecule has 4 nitrogen and oxygen atoms in total. The minimum Gasteiger partial charge on any atom is -0.457 e. The van der Waals surface area contributed by atoms with Gasteiger partial charge in [0.25, 0.3) is 0 Å². The SMILES string of the molecule is CCC1CCCCC1(OO)C(=O)OC(C)(C)CC. The van der Waals surface area contributed by atoms with Gasteiger partial charge in [-0.3, -0.25) is 5.26 Å². The standard InChI is InChI=1S/C14H26O4/c1-5-11-9-7-8-10-14(11,18-16)12(15)17-13(3,4)6-2/h11,16H,5-10H2,1-4H3. The summed E-state index contributed by atoms with van der Waals surface area (Å²) >= 11 is 0. The Balaban J connectivity index is 2.88. The van der Waals surface area contributed by atoms with E-state index in [0.29, 0.717) is 6.42 Å². The van der Waals surface area contributed by atoms with Crippen molar-refractivity contribution in [2.75, 3.05) is 0 Å². The highest BCUT2D eigenvalue weighted by Crippen LogP contribution is 2.40. The summed E-state index contributed by atoms with van der Waals surface area (Å²) in [4.78, 5) is 17.0. The van der Waals surface area contributed by atoms with Crippen molar-refractivity contribution in [3.8, 4) is 0 Å². The fourth-order valence-electron chi connectivity index (χ4n) is 2.59. The second-order valence-corrected chi connectivity index (χ2v) is 5.83. The van der Waals surface area contributed by atoms with E-state index in [0.717, 1.165) is 32.1 Å². The van der Waals surface area contributed by atoms with Crippen LogP contribution < -0.4 is 0 Å². The summed E-state index contributed by atoms with van der Waals surface area (Å²) in [7, 11) is 0. The van der Waals surface area contributed by atoms with E-state index in [2.05, 4.69) is 4.89 Å². The van der Waals surface area contributed by atoms with Gasteiger partial charge < -0.3 is 4.74 Å². The van der Waals surface area contributed by atoms with E-state index >= 15 is 0 Å². The minimum absolute atomic E-state index is 0.0383. The molecule has 0 aromatic rings. The van der Waals surface area contributed by atoms with Crippen LogP contribution in [0.15, 0.2) is 0 Å². The van der Waals surface area contributed by atoms with Gasteiger partial charge in [0.1, 0.15) is 5.60 Å². The molecular weight excluding hydrogens is 232 g/mol. The number of rotatable bonds is 5. The zero-order valence-corrected chi connectivity index (χ0v) is 12.0. The number of ether oxygens (including phenoxy) is 1. The van der Waals surface area contributed by atoms with Gasteiger partial charge in [0, 0.05) is 5.92 Å². The maximum Gasteiger partial charge on any atom is 0.342 e. The van der Waals surface area contributed by atoms with E-state index in [1.165, 1.54) is 0 Å². The molecule has 1 saturated carbocycles. The largest absolute Gasteiger partial charge is 0.457 e. The molecule has 1 aliphatic carbocycles. The fraction of sp³-hybridized carbons (Fsp3) is 0.929. The number of hydrogen-bond donors (Lipinski definition) is 1. The van der Waals surface area contributed by atoms with Crippen LogP contribution in [0.3, 0.4) is 0 Å². The molecule has 1 rings (SSSR count). The molecule has 0 bridgehead atoms. The van der Waals surface area contributed by atoms with Gasteiger partial charge >= 0.3 is 5.97 Å². The molecule has 106 valence electrons.